The zero-order chi connectivity index (χ0) is 8.69. The molecule has 0 aromatic carbocycles. The van der Waals surface area contributed by atoms with Crippen LogP contribution in [0.4, 0.5) is 0 Å². The molecule has 0 heterocycles. The average molecular weight is 153 g/mol. The van der Waals surface area contributed by atoms with Crippen LogP contribution in [-0.2, 0) is 0 Å². The van der Waals surface area contributed by atoms with Gasteiger partial charge in [-0.05, 0) is 32.4 Å². The highest BCUT2D eigenvalue weighted by Gasteiger charge is 2.08. The third kappa shape index (κ3) is 4.86. The normalized spacial score (nSPS) is 14.9. The van der Waals surface area contributed by atoms with E-state index in [1.807, 2.05) is 14.0 Å². The molecule has 0 bridgehead atoms. The number of hydrogen-bond donors (Lipinski definition) is 1. The summed E-state index contributed by atoms with van der Waals surface area (Å²) in [5, 5.41) is 3.18. The van der Waals surface area contributed by atoms with Gasteiger partial charge in [-0.1, -0.05) is 13.8 Å². The Hall–Kier alpha value is -0.480. The van der Waals surface area contributed by atoms with Gasteiger partial charge in [0.15, 0.2) is 0 Å². The minimum Gasteiger partial charge on any atom is -0.319 e. The van der Waals surface area contributed by atoms with E-state index in [1.54, 1.807) is 0 Å². The van der Waals surface area contributed by atoms with Gasteiger partial charge in [0.2, 0.25) is 0 Å². The minimum atomic E-state index is 0.704. The highest BCUT2D eigenvalue weighted by atomic mass is 14.8. The van der Waals surface area contributed by atoms with Crippen LogP contribution in [0.5, 0.6) is 0 Å². The Bertz CT molecular complexity index is 141. The molecule has 0 radical (unpaired) electrons. The summed E-state index contributed by atoms with van der Waals surface area (Å²) >= 11 is 0. The lowest BCUT2D eigenvalue weighted by atomic mass is 9.93. The van der Waals surface area contributed by atoms with Crippen LogP contribution in [0.3, 0.4) is 0 Å². The van der Waals surface area contributed by atoms with E-state index in [9.17, 15) is 0 Å². The van der Waals surface area contributed by atoms with E-state index in [-0.39, 0.29) is 0 Å². The fraction of sp³-hybridized carbons (Fsp3) is 0.800. The van der Waals surface area contributed by atoms with Gasteiger partial charge in [0.05, 0.1) is 0 Å². The Morgan fingerprint density at radius 1 is 1.27 bits per heavy atom. The van der Waals surface area contributed by atoms with Crippen molar-refractivity contribution in [2.45, 2.75) is 27.2 Å². The van der Waals surface area contributed by atoms with E-state index in [1.165, 1.54) is 0 Å². The van der Waals surface area contributed by atoms with Crippen molar-refractivity contribution in [1.82, 2.24) is 5.32 Å². The molecule has 0 aliphatic rings. The number of rotatable bonds is 4. The summed E-state index contributed by atoms with van der Waals surface area (Å²) in [7, 11) is 1.99. The maximum Gasteiger partial charge on any atom is 0.0117 e. The summed E-state index contributed by atoms with van der Waals surface area (Å²) in [4.78, 5) is 0. The van der Waals surface area contributed by atoms with E-state index in [0.29, 0.717) is 5.92 Å². The Kier molecular flexibility index (Phi) is 5.97. The molecule has 0 spiro atoms. The molecule has 0 saturated heterocycles. The van der Waals surface area contributed by atoms with Gasteiger partial charge in [-0.2, -0.15) is 0 Å². The van der Waals surface area contributed by atoms with Gasteiger partial charge in [0.25, 0.3) is 0 Å². The molecule has 0 amide bonds. The van der Waals surface area contributed by atoms with E-state index in [2.05, 4.69) is 31.0 Å². The molecule has 2 atom stereocenters. The number of nitrogens with one attached hydrogen (secondary N) is 1. The van der Waals surface area contributed by atoms with Gasteiger partial charge in [-0.15, -0.1) is 11.8 Å². The maximum absolute atomic E-state index is 3.18. The third-order valence-corrected chi connectivity index (χ3v) is 2.10. The lowest BCUT2D eigenvalue weighted by Crippen LogP contribution is -2.21. The van der Waals surface area contributed by atoms with Crippen molar-refractivity contribution in [1.29, 1.82) is 0 Å². The van der Waals surface area contributed by atoms with Crippen molar-refractivity contribution in [3.05, 3.63) is 0 Å². The zero-order valence-corrected chi connectivity index (χ0v) is 8.07. The molecule has 11 heavy (non-hydrogen) atoms. The minimum absolute atomic E-state index is 0.704. The number of hydrogen-bond acceptors (Lipinski definition) is 1. The van der Waals surface area contributed by atoms with Crippen molar-refractivity contribution in [2.75, 3.05) is 13.6 Å². The molecule has 0 aliphatic heterocycles. The molecule has 0 saturated carbocycles. The van der Waals surface area contributed by atoms with Gasteiger partial charge in [-0.3, -0.25) is 0 Å². The molecule has 64 valence electrons. The van der Waals surface area contributed by atoms with Crippen LogP contribution < -0.4 is 5.32 Å². The lowest BCUT2D eigenvalue weighted by molar-refractivity contribution is 0.383. The van der Waals surface area contributed by atoms with Crippen LogP contribution in [0.25, 0.3) is 0 Å². The Labute approximate surface area is 70.6 Å². The molecular formula is C10H19N. The highest BCUT2D eigenvalue weighted by Crippen LogP contribution is 2.12. The molecule has 0 aromatic heterocycles. The molecule has 1 nitrogen and oxygen atoms in total. The predicted octanol–water partition coefficient (Wildman–Crippen LogP) is 1.89. The monoisotopic (exact) mass is 153 g/mol. The summed E-state index contributed by atoms with van der Waals surface area (Å²) in [6, 6.07) is 0. The Morgan fingerprint density at radius 3 is 2.36 bits per heavy atom. The molecule has 1 N–H and O–H groups in total. The first-order valence-electron chi connectivity index (χ1n) is 4.26. The summed E-state index contributed by atoms with van der Waals surface area (Å²) in [5.41, 5.74) is 0. The van der Waals surface area contributed by atoms with E-state index >= 15 is 0 Å². The van der Waals surface area contributed by atoms with Crippen molar-refractivity contribution in [2.24, 2.45) is 11.8 Å². The molecule has 0 aliphatic carbocycles. The average Bonchev–Trinajstić information content (AvgIpc) is 2.00. The standard InChI is InChI=1S/C10H19N/c1-5-6-7-9(2)10(3)8-11-4/h9-11H,7-8H2,1-4H3. The second kappa shape index (κ2) is 6.24. The van der Waals surface area contributed by atoms with Gasteiger partial charge in [0.1, 0.15) is 0 Å². The smallest absolute Gasteiger partial charge is 0.0117 e. The van der Waals surface area contributed by atoms with Crippen molar-refractivity contribution < 1.29 is 0 Å². The molecule has 0 aromatic rings. The van der Waals surface area contributed by atoms with Crippen molar-refractivity contribution in [3.8, 4) is 11.8 Å². The van der Waals surface area contributed by atoms with Gasteiger partial charge >= 0.3 is 0 Å². The lowest BCUT2D eigenvalue weighted by Gasteiger charge is -2.16. The SMILES string of the molecule is CC#CCC(C)C(C)CNC. The van der Waals surface area contributed by atoms with Crippen LogP contribution in [0.1, 0.15) is 27.2 Å². The van der Waals surface area contributed by atoms with E-state index in [0.717, 1.165) is 18.9 Å². The third-order valence-electron chi connectivity index (χ3n) is 2.10. The summed E-state index contributed by atoms with van der Waals surface area (Å²) in [5.74, 6) is 7.46. The highest BCUT2D eigenvalue weighted by molar-refractivity contribution is 4.96. The second-order valence-electron chi connectivity index (χ2n) is 3.14. The van der Waals surface area contributed by atoms with Crippen LogP contribution in [-0.4, -0.2) is 13.6 Å². The van der Waals surface area contributed by atoms with E-state index in [4.69, 9.17) is 0 Å². The molecule has 0 rings (SSSR count). The van der Waals surface area contributed by atoms with Crippen LogP contribution in [0.15, 0.2) is 0 Å². The molecule has 2 unspecified atom stereocenters. The van der Waals surface area contributed by atoms with E-state index < -0.39 is 0 Å². The Morgan fingerprint density at radius 2 is 1.91 bits per heavy atom. The summed E-state index contributed by atoms with van der Waals surface area (Å²) < 4.78 is 0. The topological polar surface area (TPSA) is 12.0 Å². The molecule has 1 heteroatoms. The molecular weight excluding hydrogens is 134 g/mol. The predicted molar refractivity (Wildman–Crippen MR) is 50.3 cm³/mol. The first kappa shape index (κ1) is 10.5. The largest absolute Gasteiger partial charge is 0.319 e. The zero-order valence-electron chi connectivity index (χ0n) is 8.07. The maximum atomic E-state index is 3.18. The quantitative estimate of drug-likeness (QED) is 0.608. The fourth-order valence-corrected chi connectivity index (χ4v) is 0.987. The van der Waals surface area contributed by atoms with Crippen molar-refractivity contribution in [3.63, 3.8) is 0 Å². The van der Waals surface area contributed by atoms with Gasteiger partial charge in [0, 0.05) is 6.42 Å². The van der Waals surface area contributed by atoms with Crippen molar-refractivity contribution >= 4 is 0 Å². The van der Waals surface area contributed by atoms with Crippen LogP contribution >= 0.6 is 0 Å². The second-order valence-corrected chi connectivity index (χ2v) is 3.14. The van der Waals surface area contributed by atoms with Crippen LogP contribution in [0, 0.1) is 23.7 Å². The van der Waals surface area contributed by atoms with Crippen LogP contribution in [0.2, 0.25) is 0 Å². The summed E-state index contributed by atoms with van der Waals surface area (Å²) in [6.07, 6.45) is 1.03. The summed E-state index contributed by atoms with van der Waals surface area (Å²) in [6.45, 7) is 7.51. The molecule has 0 fully saturated rings. The first-order valence-corrected chi connectivity index (χ1v) is 4.26. The van der Waals surface area contributed by atoms with Gasteiger partial charge < -0.3 is 5.32 Å². The fourth-order valence-electron chi connectivity index (χ4n) is 0.987. The van der Waals surface area contributed by atoms with Gasteiger partial charge in [-0.25, -0.2) is 0 Å². The Balaban J connectivity index is 3.59. The first-order chi connectivity index (χ1) is 5.22.